The van der Waals surface area contributed by atoms with Gasteiger partial charge in [0.1, 0.15) is 6.54 Å². The molecule has 0 radical (unpaired) electrons. The number of hydrogen-bond donors (Lipinski definition) is 2. The zero-order valence-electron chi connectivity index (χ0n) is 14.0. The minimum Gasteiger partial charge on any atom is -0.348 e. The molecule has 2 aliphatic rings. The van der Waals surface area contributed by atoms with Crippen LogP contribution in [0, 0.1) is 0 Å². The van der Waals surface area contributed by atoms with E-state index in [9.17, 15) is 14.4 Å². The molecule has 0 bridgehead atoms. The summed E-state index contributed by atoms with van der Waals surface area (Å²) in [6.07, 6.45) is 6.00. The molecule has 134 valence electrons. The molecule has 1 saturated heterocycles. The lowest BCUT2D eigenvalue weighted by Crippen LogP contribution is -2.42. The lowest BCUT2D eigenvalue weighted by Gasteiger charge is -2.24. The number of rotatable bonds is 4. The Labute approximate surface area is 149 Å². The number of imide groups is 1. The van der Waals surface area contributed by atoms with Crippen LogP contribution in [0.1, 0.15) is 30.1 Å². The standard InChI is InChI=1S/C17H18N6O3/c24-15(10-22-16(25)9-19-17(22)26)21-12-4-3-5-13-11(12)8-20-23(13)14-6-1-2-7-18-14/h1-2,6-8,12H,3-5,9-10H2,(H,19,26)(H,21,24)/t12-/m0/s1. The van der Waals surface area contributed by atoms with E-state index in [-0.39, 0.29) is 25.0 Å². The summed E-state index contributed by atoms with van der Waals surface area (Å²) < 4.78 is 1.80. The SMILES string of the molecule is O=C(CN1C(=O)CNC1=O)N[C@H]1CCCc2c1cnn2-c1ccccn1. The van der Waals surface area contributed by atoms with Gasteiger partial charge in [0.15, 0.2) is 5.82 Å². The van der Waals surface area contributed by atoms with Crippen molar-refractivity contribution in [3.63, 3.8) is 0 Å². The van der Waals surface area contributed by atoms with Gasteiger partial charge in [-0.05, 0) is 31.4 Å². The van der Waals surface area contributed by atoms with Crippen LogP contribution in [0.25, 0.3) is 5.82 Å². The molecule has 1 fully saturated rings. The molecule has 0 saturated carbocycles. The lowest BCUT2D eigenvalue weighted by molar-refractivity contribution is -0.131. The molecule has 26 heavy (non-hydrogen) atoms. The summed E-state index contributed by atoms with van der Waals surface area (Å²) in [6.45, 7) is -0.332. The number of amides is 4. The van der Waals surface area contributed by atoms with Gasteiger partial charge in [0.25, 0.3) is 5.91 Å². The average molecular weight is 354 g/mol. The van der Waals surface area contributed by atoms with Crippen molar-refractivity contribution in [1.29, 1.82) is 0 Å². The summed E-state index contributed by atoms with van der Waals surface area (Å²) in [4.78, 5) is 40.8. The largest absolute Gasteiger partial charge is 0.348 e. The number of fused-ring (bicyclic) bond motifs is 1. The highest BCUT2D eigenvalue weighted by Crippen LogP contribution is 2.30. The Bertz CT molecular complexity index is 847. The van der Waals surface area contributed by atoms with Crippen LogP contribution >= 0.6 is 0 Å². The summed E-state index contributed by atoms with van der Waals surface area (Å²) in [5.74, 6) is -0.0173. The summed E-state index contributed by atoms with van der Waals surface area (Å²) in [6, 6.07) is 4.91. The van der Waals surface area contributed by atoms with Crippen molar-refractivity contribution in [3.8, 4) is 5.82 Å². The van der Waals surface area contributed by atoms with Crippen LogP contribution in [-0.2, 0) is 16.0 Å². The van der Waals surface area contributed by atoms with Crippen LogP contribution in [0.4, 0.5) is 4.79 Å². The first-order chi connectivity index (χ1) is 12.6. The van der Waals surface area contributed by atoms with Crippen LogP contribution in [0.2, 0.25) is 0 Å². The van der Waals surface area contributed by atoms with E-state index in [1.54, 1.807) is 17.1 Å². The molecule has 0 unspecified atom stereocenters. The number of aromatic nitrogens is 3. The van der Waals surface area contributed by atoms with Crippen molar-refractivity contribution >= 4 is 17.8 Å². The van der Waals surface area contributed by atoms with E-state index in [0.29, 0.717) is 0 Å². The van der Waals surface area contributed by atoms with Gasteiger partial charge in [-0.1, -0.05) is 6.07 Å². The minimum absolute atomic E-state index is 0.0590. The predicted molar refractivity (Wildman–Crippen MR) is 90.3 cm³/mol. The number of pyridine rings is 1. The van der Waals surface area contributed by atoms with Crippen molar-refractivity contribution in [3.05, 3.63) is 41.9 Å². The first-order valence-electron chi connectivity index (χ1n) is 8.49. The van der Waals surface area contributed by atoms with E-state index in [0.717, 1.165) is 41.2 Å². The van der Waals surface area contributed by atoms with E-state index >= 15 is 0 Å². The second kappa shape index (κ2) is 6.58. The van der Waals surface area contributed by atoms with Gasteiger partial charge >= 0.3 is 6.03 Å². The van der Waals surface area contributed by atoms with E-state index in [1.165, 1.54) is 0 Å². The molecule has 0 aromatic carbocycles. The van der Waals surface area contributed by atoms with Gasteiger partial charge in [0, 0.05) is 11.8 Å². The molecule has 4 rings (SSSR count). The number of hydrogen-bond acceptors (Lipinski definition) is 5. The number of nitrogens with zero attached hydrogens (tertiary/aromatic N) is 4. The van der Waals surface area contributed by atoms with Crippen molar-refractivity contribution in [2.24, 2.45) is 0 Å². The van der Waals surface area contributed by atoms with E-state index in [1.807, 2.05) is 18.2 Å². The second-order valence-corrected chi connectivity index (χ2v) is 6.30. The summed E-state index contributed by atoms with van der Waals surface area (Å²) in [5, 5.41) is 9.75. The zero-order chi connectivity index (χ0) is 18.1. The van der Waals surface area contributed by atoms with Crippen molar-refractivity contribution in [2.45, 2.75) is 25.3 Å². The normalized spacial score (nSPS) is 19.2. The van der Waals surface area contributed by atoms with Gasteiger partial charge in [0.2, 0.25) is 5.91 Å². The fourth-order valence-electron chi connectivity index (χ4n) is 3.38. The first-order valence-corrected chi connectivity index (χ1v) is 8.49. The van der Waals surface area contributed by atoms with Gasteiger partial charge in [-0.2, -0.15) is 5.10 Å². The molecule has 2 aromatic heterocycles. The number of urea groups is 1. The Kier molecular flexibility index (Phi) is 4.11. The van der Waals surface area contributed by atoms with Crippen molar-refractivity contribution < 1.29 is 14.4 Å². The highest BCUT2D eigenvalue weighted by molar-refractivity contribution is 6.04. The number of carbonyl (C=O) groups is 3. The van der Waals surface area contributed by atoms with Gasteiger partial charge in [-0.25, -0.2) is 14.5 Å². The van der Waals surface area contributed by atoms with Crippen molar-refractivity contribution in [1.82, 2.24) is 30.3 Å². The third-order valence-electron chi connectivity index (χ3n) is 4.62. The monoisotopic (exact) mass is 354 g/mol. The van der Waals surface area contributed by atoms with E-state index in [2.05, 4.69) is 20.7 Å². The maximum atomic E-state index is 12.3. The summed E-state index contributed by atoms with van der Waals surface area (Å²) in [7, 11) is 0. The Morgan fingerprint density at radius 3 is 2.96 bits per heavy atom. The van der Waals surface area contributed by atoms with E-state index in [4.69, 9.17) is 0 Å². The van der Waals surface area contributed by atoms with Gasteiger partial charge in [-0.15, -0.1) is 0 Å². The maximum absolute atomic E-state index is 12.3. The first kappa shape index (κ1) is 16.2. The summed E-state index contributed by atoms with van der Waals surface area (Å²) >= 11 is 0. The van der Waals surface area contributed by atoms with Crippen LogP contribution in [0.5, 0.6) is 0 Å². The molecule has 3 heterocycles. The molecule has 9 nitrogen and oxygen atoms in total. The molecule has 0 spiro atoms. The van der Waals surface area contributed by atoms with Gasteiger partial charge in [-0.3, -0.25) is 14.5 Å². The highest BCUT2D eigenvalue weighted by Gasteiger charge is 2.32. The Morgan fingerprint density at radius 2 is 2.23 bits per heavy atom. The Balaban J connectivity index is 1.50. The van der Waals surface area contributed by atoms with Gasteiger partial charge < -0.3 is 10.6 Å². The second-order valence-electron chi connectivity index (χ2n) is 6.30. The Hall–Kier alpha value is -3.23. The Morgan fingerprint density at radius 1 is 1.35 bits per heavy atom. The fraction of sp³-hybridized carbons (Fsp3) is 0.353. The molecule has 2 N–H and O–H groups in total. The molecule has 1 aliphatic carbocycles. The highest BCUT2D eigenvalue weighted by atomic mass is 16.2. The molecule has 1 aliphatic heterocycles. The van der Waals surface area contributed by atoms with Crippen LogP contribution in [0.15, 0.2) is 30.6 Å². The quantitative estimate of drug-likeness (QED) is 0.768. The predicted octanol–water partition coefficient (Wildman–Crippen LogP) is 0.313. The third kappa shape index (κ3) is 2.92. The molecule has 9 heteroatoms. The molecule has 4 amide bonds. The van der Waals surface area contributed by atoms with Crippen LogP contribution < -0.4 is 10.6 Å². The summed E-state index contributed by atoms with van der Waals surface area (Å²) in [5.41, 5.74) is 1.97. The van der Waals surface area contributed by atoms with E-state index < -0.39 is 11.9 Å². The molecular formula is C17H18N6O3. The van der Waals surface area contributed by atoms with Crippen LogP contribution in [-0.4, -0.2) is 50.6 Å². The topological polar surface area (TPSA) is 109 Å². The average Bonchev–Trinajstić information content (AvgIpc) is 3.22. The third-order valence-corrected chi connectivity index (χ3v) is 4.62. The van der Waals surface area contributed by atoms with Crippen LogP contribution in [0.3, 0.4) is 0 Å². The maximum Gasteiger partial charge on any atom is 0.325 e. The van der Waals surface area contributed by atoms with Crippen molar-refractivity contribution in [2.75, 3.05) is 13.1 Å². The smallest absolute Gasteiger partial charge is 0.325 e. The molecule has 1 atom stereocenters. The number of nitrogens with one attached hydrogen (secondary N) is 2. The number of carbonyl (C=O) groups excluding carboxylic acids is 3. The zero-order valence-corrected chi connectivity index (χ0v) is 14.0. The molecule has 2 aromatic rings. The minimum atomic E-state index is -0.530. The fourth-order valence-corrected chi connectivity index (χ4v) is 3.38. The molecular weight excluding hydrogens is 336 g/mol. The van der Waals surface area contributed by atoms with Gasteiger partial charge in [0.05, 0.1) is 24.5 Å². The lowest BCUT2D eigenvalue weighted by atomic mass is 9.93.